The molecule has 0 bridgehead atoms. The first-order valence-electron chi connectivity index (χ1n) is 5.80. The summed E-state index contributed by atoms with van der Waals surface area (Å²) in [6.07, 6.45) is -1.55. The third-order valence-electron chi connectivity index (χ3n) is 3.03. The van der Waals surface area contributed by atoms with Gasteiger partial charge in [-0.1, -0.05) is 0 Å². The molecule has 1 N–H and O–H groups in total. The summed E-state index contributed by atoms with van der Waals surface area (Å²) in [5.41, 5.74) is -0.985. The molecular weight excluding hydrogens is 245 g/mol. The quantitative estimate of drug-likeness (QED) is 0.906. The number of hydrogen-bond acceptors (Lipinski definition) is 3. The smallest absolute Gasteiger partial charge is 0.373 e. The van der Waals surface area contributed by atoms with Crippen molar-refractivity contribution in [1.82, 2.24) is 4.98 Å². The fourth-order valence-electron chi connectivity index (χ4n) is 1.92. The molecule has 1 saturated heterocycles. The van der Waals surface area contributed by atoms with Gasteiger partial charge in [0, 0.05) is 19.3 Å². The van der Waals surface area contributed by atoms with Crippen LogP contribution < -0.4 is 5.32 Å². The summed E-state index contributed by atoms with van der Waals surface area (Å²) in [6, 6.07) is 2.36. The molecule has 1 aliphatic rings. The molecule has 100 valence electrons. The lowest BCUT2D eigenvalue weighted by atomic mass is 10.0. The van der Waals surface area contributed by atoms with E-state index in [-0.39, 0.29) is 5.60 Å². The van der Waals surface area contributed by atoms with Gasteiger partial charge in [-0.3, -0.25) is 0 Å². The van der Waals surface area contributed by atoms with E-state index in [0.717, 1.165) is 31.7 Å². The highest BCUT2D eigenvalue weighted by molar-refractivity contribution is 5.36. The summed E-state index contributed by atoms with van der Waals surface area (Å²) in [5, 5.41) is 3.00. The van der Waals surface area contributed by atoms with Crippen LogP contribution in [0.1, 0.15) is 25.3 Å². The van der Waals surface area contributed by atoms with Gasteiger partial charge in [0.15, 0.2) is 0 Å². The van der Waals surface area contributed by atoms with Crippen LogP contribution in [0, 0.1) is 0 Å². The Balaban J connectivity index is 1.94. The first kappa shape index (κ1) is 13.1. The average Bonchev–Trinajstić information content (AvgIpc) is 2.74. The predicted octanol–water partition coefficient (Wildman–Crippen LogP) is 3.08. The first-order chi connectivity index (χ1) is 8.39. The molecule has 1 aliphatic heterocycles. The lowest BCUT2D eigenvalue weighted by Gasteiger charge is -2.23. The van der Waals surface area contributed by atoms with Crippen LogP contribution in [0.25, 0.3) is 0 Å². The minimum atomic E-state index is -4.34. The maximum atomic E-state index is 12.3. The molecule has 2 rings (SSSR count). The lowest BCUT2D eigenvalue weighted by molar-refractivity contribution is -0.137. The Morgan fingerprint density at radius 2 is 2.22 bits per heavy atom. The number of halogens is 3. The third kappa shape index (κ3) is 3.13. The van der Waals surface area contributed by atoms with Crippen LogP contribution in [0.3, 0.4) is 0 Å². The Hall–Kier alpha value is -1.30. The molecule has 0 radical (unpaired) electrons. The van der Waals surface area contributed by atoms with Crippen molar-refractivity contribution < 1.29 is 17.9 Å². The van der Waals surface area contributed by atoms with Gasteiger partial charge in [-0.2, -0.15) is 13.2 Å². The molecule has 1 aromatic rings. The predicted molar refractivity (Wildman–Crippen MR) is 61.3 cm³/mol. The molecule has 6 heteroatoms. The largest absolute Gasteiger partial charge is 0.417 e. The van der Waals surface area contributed by atoms with Crippen molar-refractivity contribution in [3.8, 4) is 0 Å². The number of nitrogens with zero attached hydrogens (tertiary/aromatic N) is 1. The number of alkyl halides is 3. The van der Waals surface area contributed by atoms with Gasteiger partial charge in [-0.25, -0.2) is 4.98 Å². The molecule has 0 spiro atoms. The highest BCUT2D eigenvalue weighted by Gasteiger charge is 2.31. The van der Waals surface area contributed by atoms with Gasteiger partial charge >= 0.3 is 6.18 Å². The summed E-state index contributed by atoms with van der Waals surface area (Å²) < 4.78 is 42.6. The van der Waals surface area contributed by atoms with E-state index in [1.165, 1.54) is 6.07 Å². The molecule has 0 amide bonds. The molecule has 1 fully saturated rings. The Labute approximate surface area is 103 Å². The van der Waals surface area contributed by atoms with Gasteiger partial charge in [0.05, 0.1) is 11.2 Å². The van der Waals surface area contributed by atoms with E-state index in [1.54, 1.807) is 0 Å². The minimum absolute atomic E-state index is 0.246. The van der Waals surface area contributed by atoms with Crippen molar-refractivity contribution in [2.24, 2.45) is 0 Å². The van der Waals surface area contributed by atoms with Gasteiger partial charge in [-0.15, -0.1) is 0 Å². The van der Waals surface area contributed by atoms with Crippen molar-refractivity contribution in [3.63, 3.8) is 0 Å². The van der Waals surface area contributed by atoms with E-state index >= 15 is 0 Å². The second-order valence-electron chi connectivity index (χ2n) is 4.69. The van der Waals surface area contributed by atoms with Crippen molar-refractivity contribution in [2.75, 3.05) is 18.5 Å². The number of ether oxygens (including phenoxy) is 1. The SMILES string of the molecule is CC1(CNc2ccc(C(F)(F)F)cn2)CCCO1. The van der Waals surface area contributed by atoms with Gasteiger partial charge in [0.2, 0.25) is 0 Å². The Kier molecular flexibility index (Phi) is 3.47. The van der Waals surface area contributed by atoms with E-state index in [0.29, 0.717) is 12.4 Å². The zero-order valence-corrected chi connectivity index (χ0v) is 10.0. The maximum Gasteiger partial charge on any atom is 0.417 e. The molecule has 1 aromatic heterocycles. The molecule has 1 atom stereocenters. The van der Waals surface area contributed by atoms with Crippen molar-refractivity contribution >= 4 is 5.82 Å². The van der Waals surface area contributed by atoms with E-state index in [1.807, 2.05) is 6.92 Å². The molecule has 18 heavy (non-hydrogen) atoms. The average molecular weight is 260 g/mol. The first-order valence-corrected chi connectivity index (χ1v) is 5.80. The molecular formula is C12H15F3N2O. The third-order valence-corrected chi connectivity index (χ3v) is 3.03. The molecule has 0 saturated carbocycles. The lowest BCUT2D eigenvalue weighted by Crippen LogP contribution is -2.32. The van der Waals surface area contributed by atoms with Crippen LogP contribution in [-0.2, 0) is 10.9 Å². The second kappa shape index (κ2) is 4.76. The number of anilines is 1. The van der Waals surface area contributed by atoms with Crippen LogP contribution in [0.2, 0.25) is 0 Å². The fraction of sp³-hybridized carbons (Fsp3) is 0.583. The van der Waals surface area contributed by atoms with Crippen LogP contribution >= 0.6 is 0 Å². The van der Waals surface area contributed by atoms with Crippen LogP contribution in [0.5, 0.6) is 0 Å². The second-order valence-corrected chi connectivity index (χ2v) is 4.69. The number of rotatable bonds is 3. The van der Waals surface area contributed by atoms with Gasteiger partial charge in [0.25, 0.3) is 0 Å². The monoisotopic (exact) mass is 260 g/mol. The number of nitrogens with one attached hydrogen (secondary N) is 1. The minimum Gasteiger partial charge on any atom is -0.373 e. The van der Waals surface area contributed by atoms with Crippen molar-refractivity contribution in [1.29, 1.82) is 0 Å². The van der Waals surface area contributed by atoms with Crippen LogP contribution in [-0.4, -0.2) is 23.7 Å². The summed E-state index contributed by atoms with van der Waals surface area (Å²) >= 11 is 0. The zero-order chi connectivity index (χ0) is 13.2. The molecule has 0 aromatic carbocycles. The van der Waals surface area contributed by atoms with Gasteiger partial charge in [-0.05, 0) is 31.9 Å². The summed E-state index contributed by atoms with van der Waals surface area (Å²) in [7, 11) is 0. The standard InChI is InChI=1S/C12H15F3N2O/c1-11(5-2-6-18-11)8-17-10-4-3-9(7-16-10)12(13,14)15/h3-4,7H,2,5-6,8H2,1H3,(H,16,17). The topological polar surface area (TPSA) is 34.2 Å². The van der Waals surface area contributed by atoms with Gasteiger partial charge in [0.1, 0.15) is 5.82 Å². The van der Waals surface area contributed by atoms with Gasteiger partial charge < -0.3 is 10.1 Å². The van der Waals surface area contributed by atoms with E-state index < -0.39 is 11.7 Å². The summed E-state index contributed by atoms with van der Waals surface area (Å²) in [5.74, 6) is 0.430. The zero-order valence-electron chi connectivity index (χ0n) is 10.0. The molecule has 1 unspecified atom stereocenters. The number of hydrogen-bond donors (Lipinski definition) is 1. The summed E-state index contributed by atoms with van der Waals surface area (Å²) in [6.45, 7) is 3.26. The highest BCUT2D eigenvalue weighted by atomic mass is 19.4. The van der Waals surface area contributed by atoms with E-state index in [2.05, 4.69) is 10.3 Å². The Morgan fingerprint density at radius 1 is 1.44 bits per heavy atom. The molecule has 2 heterocycles. The molecule has 0 aliphatic carbocycles. The van der Waals surface area contributed by atoms with Crippen LogP contribution in [0.15, 0.2) is 18.3 Å². The van der Waals surface area contributed by atoms with E-state index in [4.69, 9.17) is 4.74 Å². The fourth-order valence-corrected chi connectivity index (χ4v) is 1.92. The highest BCUT2D eigenvalue weighted by Crippen LogP contribution is 2.29. The maximum absolute atomic E-state index is 12.3. The van der Waals surface area contributed by atoms with Crippen molar-refractivity contribution in [3.05, 3.63) is 23.9 Å². The Bertz CT molecular complexity index is 397. The summed E-state index contributed by atoms with van der Waals surface area (Å²) in [4.78, 5) is 3.75. The molecule has 3 nitrogen and oxygen atoms in total. The van der Waals surface area contributed by atoms with E-state index in [9.17, 15) is 13.2 Å². The number of pyridine rings is 1. The number of aromatic nitrogens is 1. The van der Waals surface area contributed by atoms with Crippen LogP contribution in [0.4, 0.5) is 19.0 Å². The van der Waals surface area contributed by atoms with Crippen molar-refractivity contribution in [2.45, 2.75) is 31.5 Å². The normalized spacial score (nSPS) is 24.2. The Morgan fingerprint density at radius 3 is 2.72 bits per heavy atom.